The third-order valence-corrected chi connectivity index (χ3v) is 2.84. The smallest absolute Gasteiger partial charge is 0.227 e. The molecule has 0 radical (unpaired) electrons. The summed E-state index contributed by atoms with van der Waals surface area (Å²) in [5.41, 5.74) is 1.02. The molecule has 0 aliphatic heterocycles. The van der Waals surface area contributed by atoms with Gasteiger partial charge < -0.3 is 10.1 Å². The summed E-state index contributed by atoms with van der Waals surface area (Å²) in [6.45, 7) is 5.14. The van der Waals surface area contributed by atoms with E-state index in [4.69, 9.17) is 4.74 Å². The van der Waals surface area contributed by atoms with E-state index >= 15 is 0 Å². The minimum atomic E-state index is 0.605. The van der Waals surface area contributed by atoms with Gasteiger partial charge in [-0.05, 0) is 12.8 Å². The predicted octanol–water partition coefficient (Wildman–Crippen LogP) is 2.78. The van der Waals surface area contributed by atoms with Crippen molar-refractivity contribution in [3.05, 3.63) is 24.3 Å². The van der Waals surface area contributed by atoms with Gasteiger partial charge in [-0.25, -0.2) is 9.97 Å². The van der Waals surface area contributed by atoms with Gasteiger partial charge in [-0.1, -0.05) is 20.3 Å². The van der Waals surface area contributed by atoms with Crippen LogP contribution in [0.25, 0.3) is 0 Å². The number of aromatic nitrogens is 4. The highest BCUT2D eigenvalue weighted by Crippen LogP contribution is 2.27. The number of nitrogens with zero attached hydrogens (tertiary/aromatic N) is 4. The van der Waals surface area contributed by atoms with Crippen molar-refractivity contribution in [2.24, 2.45) is 7.05 Å². The first-order valence-corrected chi connectivity index (χ1v) is 6.98. The van der Waals surface area contributed by atoms with Gasteiger partial charge in [-0.2, -0.15) is 5.10 Å². The summed E-state index contributed by atoms with van der Waals surface area (Å²) < 4.78 is 7.53. The van der Waals surface area contributed by atoms with Gasteiger partial charge in [0.2, 0.25) is 5.88 Å². The third kappa shape index (κ3) is 3.46. The molecule has 2 aromatic rings. The van der Waals surface area contributed by atoms with E-state index in [9.17, 15) is 0 Å². The van der Waals surface area contributed by atoms with Crippen LogP contribution >= 0.6 is 0 Å². The predicted molar refractivity (Wildman–Crippen MR) is 78.1 cm³/mol. The van der Waals surface area contributed by atoms with Crippen molar-refractivity contribution in [1.82, 2.24) is 19.7 Å². The average Bonchev–Trinajstić information content (AvgIpc) is 2.85. The molecule has 2 heterocycles. The number of ether oxygens (including phenoxy) is 1. The summed E-state index contributed by atoms with van der Waals surface area (Å²) in [7, 11) is 1.86. The molecule has 108 valence electrons. The molecule has 0 spiro atoms. The van der Waals surface area contributed by atoms with Crippen LogP contribution in [0.4, 0.5) is 5.82 Å². The Morgan fingerprint density at radius 2 is 2.10 bits per heavy atom. The lowest BCUT2D eigenvalue weighted by Crippen LogP contribution is -2.07. The molecule has 2 rings (SSSR count). The molecule has 0 aromatic carbocycles. The molecular formula is C14H21N5O. The number of hydrogen-bond acceptors (Lipinski definition) is 5. The van der Waals surface area contributed by atoms with Gasteiger partial charge in [0.25, 0.3) is 0 Å². The van der Waals surface area contributed by atoms with E-state index in [0.717, 1.165) is 37.2 Å². The van der Waals surface area contributed by atoms with E-state index in [0.29, 0.717) is 11.6 Å². The van der Waals surface area contributed by atoms with Crippen LogP contribution in [0.3, 0.4) is 0 Å². The molecule has 0 saturated carbocycles. The van der Waals surface area contributed by atoms with Crippen molar-refractivity contribution in [3.8, 4) is 11.6 Å². The number of nitrogens with one attached hydrogen (secondary N) is 1. The third-order valence-electron chi connectivity index (χ3n) is 2.84. The monoisotopic (exact) mass is 275 g/mol. The Labute approximate surface area is 119 Å². The zero-order chi connectivity index (χ0) is 14.4. The first kappa shape index (κ1) is 14.3. The SMILES string of the molecule is CCCNc1ncnc(Oc2cnn(C)c2)c1CCC. The molecule has 0 aliphatic carbocycles. The zero-order valence-corrected chi connectivity index (χ0v) is 12.3. The molecular weight excluding hydrogens is 254 g/mol. The summed E-state index contributed by atoms with van der Waals surface area (Å²) in [6.07, 6.45) is 7.96. The van der Waals surface area contributed by atoms with Crippen molar-refractivity contribution in [1.29, 1.82) is 0 Å². The van der Waals surface area contributed by atoms with Crippen molar-refractivity contribution < 1.29 is 4.74 Å². The minimum Gasteiger partial charge on any atom is -0.435 e. The van der Waals surface area contributed by atoms with Gasteiger partial charge in [0, 0.05) is 13.6 Å². The highest BCUT2D eigenvalue weighted by atomic mass is 16.5. The van der Waals surface area contributed by atoms with Crippen LogP contribution in [0.15, 0.2) is 18.7 Å². The molecule has 0 bridgehead atoms. The first-order valence-electron chi connectivity index (χ1n) is 6.98. The Hall–Kier alpha value is -2.11. The maximum absolute atomic E-state index is 5.83. The van der Waals surface area contributed by atoms with Crippen molar-refractivity contribution in [3.63, 3.8) is 0 Å². The largest absolute Gasteiger partial charge is 0.435 e. The molecule has 0 unspecified atom stereocenters. The lowest BCUT2D eigenvalue weighted by Gasteiger charge is -2.13. The van der Waals surface area contributed by atoms with Gasteiger partial charge in [-0.3, -0.25) is 4.68 Å². The second kappa shape index (κ2) is 6.88. The fourth-order valence-corrected chi connectivity index (χ4v) is 1.92. The second-order valence-electron chi connectivity index (χ2n) is 4.63. The fourth-order valence-electron chi connectivity index (χ4n) is 1.92. The van der Waals surface area contributed by atoms with E-state index in [1.54, 1.807) is 10.9 Å². The van der Waals surface area contributed by atoms with Crippen molar-refractivity contribution >= 4 is 5.82 Å². The van der Waals surface area contributed by atoms with Gasteiger partial charge in [0.15, 0.2) is 5.75 Å². The summed E-state index contributed by atoms with van der Waals surface area (Å²) in [4.78, 5) is 8.58. The lowest BCUT2D eigenvalue weighted by molar-refractivity contribution is 0.454. The van der Waals surface area contributed by atoms with E-state index in [1.165, 1.54) is 6.33 Å². The van der Waals surface area contributed by atoms with Crippen LogP contribution in [0.5, 0.6) is 11.6 Å². The van der Waals surface area contributed by atoms with Gasteiger partial charge >= 0.3 is 0 Å². The van der Waals surface area contributed by atoms with Crippen LogP contribution < -0.4 is 10.1 Å². The van der Waals surface area contributed by atoms with Gasteiger partial charge in [-0.15, -0.1) is 0 Å². The number of hydrogen-bond donors (Lipinski definition) is 1. The van der Waals surface area contributed by atoms with Crippen LogP contribution in [0.2, 0.25) is 0 Å². The van der Waals surface area contributed by atoms with Crippen LogP contribution in [-0.2, 0) is 13.5 Å². The minimum absolute atomic E-state index is 0.605. The maximum Gasteiger partial charge on any atom is 0.227 e. The molecule has 0 fully saturated rings. The Balaban J connectivity index is 2.25. The molecule has 6 heteroatoms. The number of anilines is 1. The summed E-state index contributed by atoms with van der Waals surface area (Å²) in [5.74, 6) is 2.15. The molecule has 20 heavy (non-hydrogen) atoms. The maximum atomic E-state index is 5.83. The fraction of sp³-hybridized carbons (Fsp3) is 0.500. The first-order chi connectivity index (χ1) is 9.74. The average molecular weight is 275 g/mol. The Morgan fingerprint density at radius 3 is 2.75 bits per heavy atom. The normalized spacial score (nSPS) is 10.6. The molecule has 0 saturated heterocycles. The van der Waals surface area contributed by atoms with Crippen LogP contribution in [0, 0.1) is 0 Å². The standard InChI is InChI=1S/C14H21N5O/c1-4-6-12-13(15-7-5-2)16-10-17-14(12)20-11-8-18-19(3)9-11/h8-10H,4-7H2,1-3H3,(H,15,16,17). The summed E-state index contributed by atoms with van der Waals surface area (Å²) in [5, 5.41) is 7.42. The van der Waals surface area contributed by atoms with Crippen molar-refractivity contribution in [2.75, 3.05) is 11.9 Å². The second-order valence-corrected chi connectivity index (χ2v) is 4.63. The van der Waals surface area contributed by atoms with E-state index < -0.39 is 0 Å². The number of aryl methyl sites for hydroxylation is 1. The molecule has 0 aliphatic rings. The summed E-state index contributed by atoms with van der Waals surface area (Å²) >= 11 is 0. The highest BCUT2D eigenvalue weighted by molar-refractivity contribution is 5.49. The van der Waals surface area contributed by atoms with E-state index in [2.05, 4.69) is 34.2 Å². The molecule has 0 atom stereocenters. The number of rotatable bonds is 7. The van der Waals surface area contributed by atoms with Gasteiger partial charge in [0.05, 0.1) is 18.0 Å². The highest BCUT2D eigenvalue weighted by Gasteiger charge is 2.13. The zero-order valence-electron chi connectivity index (χ0n) is 12.3. The van der Waals surface area contributed by atoms with E-state index in [1.807, 2.05) is 13.2 Å². The molecule has 2 aromatic heterocycles. The topological polar surface area (TPSA) is 64.9 Å². The van der Waals surface area contributed by atoms with E-state index in [-0.39, 0.29) is 0 Å². The Kier molecular flexibility index (Phi) is 4.92. The summed E-state index contributed by atoms with van der Waals surface area (Å²) in [6, 6.07) is 0. The molecule has 6 nitrogen and oxygen atoms in total. The van der Waals surface area contributed by atoms with Crippen LogP contribution in [0.1, 0.15) is 32.3 Å². The lowest BCUT2D eigenvalue weighted by atomic mass is 10.1. The quantitative estimate of drug-likeness (QED) is 0.841. The van der Waals surface area contributed by atoms with Crippen LogP contribution in [-0.4, -0.2) is 26.3 Å². The van der Waals surface area contributed by atoms with Gasteiger partial charge in [0.1, 0.15) is 12.1 Å². The Bertz CT molecular complexity index is 552. The molecule has 1 N–H and O–H groups in total. The molecule has 0 amide bonds. The van der Waals surface area contributed by atoms with Crippen molar-refractivity contribution in [2.45, 2.75) is 33.1 Å². The Morgan fingerprint density at radius 1 is 1.25 bits per heavy atom.